The number of Topliss-reactive ketones (excluding diaryl/α,β-unsaturated/α-hetero) is 1. The number of hydrogen-bond donors (Lipinski definition) is 2. The number of nitrogens with one attached hydrogen (secondary N) is 2. The number of carbonyl (C=O) groups is 2. The number of ketones is 1. The monoisotopic (exact) mass is 372 g/mol. The molecule has 3 heterocycles. The van der Waals surface area contributed by atoms with Crippen molar-refractivity contribution in [2.24, 2.45) is 11.8 Å². The number of benzene rings is 1. The molecule has 0 radical (unpaired) electrons. The van der Waals surface area contributed by atoms with Crippen molar-refractivity contribution in [2.75, 3.05) is 5.01 Å². The van der Waals surface area contributed by atoms with Gasteiger partial charge in [0.2, 0.25) is 5.13 Å². The third kappa shape index (κ3) is 2.94. The molecule has 6 nitrogen and oxygen atoms in total. The molecule has 2 aromatic rings. The number of amides is 1. The molecule has 2 saturated heterocycles. The lowest BCUT2D eigenvalue weighted by Crippen LogP contribution is -2.59. The zero-order chi connectivity index (χ0) is 18.3. The maximum absolute atomic E-state index is 13.0. The second kappa shape index (κ2) is 7.06. The number of piperidine rings is 1. The Kier molecular flexibility index (Phi) is 4.77. The lowest BCUT2D eigenvalue weighted by Gasteiger charge is -2.35. The first kappa shape index (κ1) is 17.6. The van der Waals surface area contributed by atoms with Gasteiger partial charge < -0.3 is 0 Å². The molecule has 1 aromatic heterocycles. The predicted octanol–water partition coefficient (Wildman–Crippen LogP) is 2.85. The van der Waals surface area contributed by atoms with E-state index in [2.05, 4.69) is 22.7 Å². The summed E-state index contributed by atoms with van der Waals surface area (Å²) in [5, 5.41) is 5.49. The smallest absolute Gasteiger partial charge is 0.257 e. The van der Waals surface area contributed by atoms with Crippen molar-refractivity contribution >= 4 is 38.4 Å². The van der Waals surface area contributed by atoms with Gasteiger partial charge in [-0.1, -0.05) is 49.7 Å². The van der Waals surface area contributed by atoms with Gasteiger partial charge in [0, 0.05) is 12.0 Å². The molecule has 1 aromatic carbocycles. The van der Waals surface area contributed by atoms with E-state index in [1.807, 2.05) is 31.2 Å². The highest BCUT2D eigenvalue weighted by atomic mass is 32.1. The lowest BCUT2D eigenvalue weighted by molar-refractivity contribution is -0.137. The molecular formula is C19H24N4O2S. The Labute approximate surface area is 156 Å². The van der Waals surface area contributed by atoms with Crippen molar-refractivity contribution < 1.29 is 9.59 Å². The molecule has 2 aliphatic rings. The molecule has 0 spiro atoms. The first-order chi connectivity index (χ1) is 12.6. The van der Waals surface area contributed by atoms with Gasteiger partial charge in [-0.3, -0.25) is 14.9 Å². The number of para-hydroxylation sites is 1. The van der Waals surface area contributed by atoms with Gasteiger partial charge in [0.15, 0.2) is 5.78 Å². The van der Waals surface area contributed by atoms with Crippen molar-refractivity contribution in [1.29, 1.82) is 0 Å². The third-order valence-electron chi connectivity index (χ3n) is 5.40. The van der Waals surface area contributed by atoms with Gasteiger partial charge in [-0.2, -0.15) is 0 Å². The van der Waals surface area contributed by atoms with Crippen LogP contribution in [-0.4, -0.2) is 28.9 Å². The van der Waals surface area contributed by atoms with E-state index in [1.54, 1.807) is 0 Å². The van der Waals surface area contributed by atoms with Crippen LogP contribution < -0.4 is 15.8 Å². The van der Waals surface area contributed by atoms with Crippen LogP contribution in [0.4, 0.5) is 5.13 Å². The summed E-state index contributed by atoms with van der Waals surface area (Å²) in [4.78, 5) is 30.6. The van der Waals surface area contributed by atoms with Crippen LogP contribution in [0.2, 0.25) is 0 Å². The van der Waals surface area contributed by atoms with E-state index in [4.69, 9.17) is 0 Å². The normalized spacial score (nSPS) is 28.8. The predicted molar refractivity (Wildman–Crippen MR) is 103 cm³/mol. The molecule has 26 heavy (non-hydrogen) atoms. The van der Waals surface area contributed by atoms with E-state index in [9.17, 15) is 9.59 Å². The van der Waals surface area contributed by atoms with Crippen LogP contribution in [0.3, 0.4) is 0 Å². The highest BCUT2D eigenvalue weighted by Gasteiger charge is 2.52. The molecule has 1 amide bonds. The first-order valence-electron chi connectivity index (χ1n) is 9.35. The number of nitrogens with zero attached hydrogens (tertiary/aromatic N) is 2. The Morgan fingerprint density at radius 2 is 2.04 bits per heavy atom. The van der Waals surface area contributed by atoms with E-state index in [1.165, 1.54) is 16.3 Å². The Hall–Kier alpha value is -1.83. The van der Waals surface area contributed by atoms with Gasteiger partial charge in [-0.05, 0) is 25.5 Å². The summed E-state index contributed by atoms with van der Waals surface area (Å²) in [7, 11) is 0. The van der Waals surface area contributed by atoms with Crippen molar-refractivity contribution in [3.8, 4) is 0 Å². The number of hydrogen-bond acceptors (Lipinski definition) is 6. The van der Waals surface area contributed by atoms with Crippen LogP contribution in [0, 0.1) is 11.8 Å². The summed E-state index contributed by atoms with van der Waals surface area (Å²) in [6.45, 7) is 4.19. The van der Waals surface area contributed by atoms with Gasteiger partial charge in [0.1, 0.15) is 5.92 Å². The van der Waals surface area contributed by atoms with Gasteiger partial charge >= 0.3 is 0 Å². The number of anilines is 1. The van der Waals surface area contributed by atoms with Gasteiger partial charge in [-0.25, -0.2) is 15.4 Å². The summed E-state index contributed by atoms with van der Waals surface area (Å²) in [6.07, 6.45) is 3.77. The number of thiazole rings is 1. The highest BCUT2D eigenvalue weighted by Crippen LogP contribution is 2.35. The molecule has 0 aliphatic carbocycles. The van der Waals surface area contributed by atoms with Crippen molar-refractivity contribution in [1.82, 2.24) is 15.7 Å². The third-order valence-corrected chi connectivity index (χ3v) is 6.42. The number of rotatable bonds is 5. The van der Waals surface area contributed by atoms with Gasteiger partial charge in [-0.15, -0.1) is 0 Å². The molecular weight excluding hydrogens is 348 g/mol. The molecule has 138 valence electrons. The average molecular weight is 372 g/mol. The number of unbranched alkanes of at least 4 members (excludes halogenated alkanes) is 2. The Bertz CT molecular complexity index is 803. The minimum atomic E-state index is -0.662. The van der Waals surface area contributed by atoms with Crippen molar-refractivity contribution in [2.45, 2.75) is 51.7 Å². The number of aromatic nitrogens is 1. The second-order valence-electron chi connectivity index (χ2n) is 7.18. The van der Waals surface area contributed by atoms with E-state index in [0.29, 0.717) is 5.13 Å². The maximum atomic E-state index is 13.0. The number of carbonyl (C=O) groups excluding carboxylic acids is 2. The summed E-state index contributed by atoms with van der Waals surface area (Å²) >= 11 is 1.46. The lowest BCUT2D eigenvalue weighted by atomic mass is 9.79. The molecule has 2 N–H and O–H groups in total. The topological polar surface area (TPSA) is 74.3 Å². The fraction of sp³-hybridized carbons (Fsp3) is 0.526. The summed E-state index contributed by atoms with van der Waals surface area (Å²) in [6, 6.07) is 7.86. The summed E-state index contributed by atoms with van der Waals surface area (Å²) < 4.78 is 1.03. The molecule has 4 atom stereocenters. The maximum Gasteiger partial charge on any atom is 0.257 e. The van der Waals surface area contributed by atoms with Crippen LogP contribution >= 0.6 is 11.3 Å². The van der Waals surface area contributed by atoms with Gasteiger partial charge in [0.25, 0.3) is 5.91 Å². The van der Waals surface area contributed by atoms with E-state index >= 15 is 0 Å². The van der Waals surface area contributed by atoms with E-state index in [0.717, 1.165) is 35.9 Å². The highest BCUT2D eigenvalue weighted by molar-refractivity contribution is 7.22. The fourth-order valence-corrected chi connectivity index (χ4v) is 4.91. The first-order valence-corrected chi connectivity index (χ1v) is 10.2. The zero-order valence-electron chi connectivity index (χ0n) is 15.1. The minimum absolute atomic E-state index is 0.0659. The van der Waals surface area contributed by atoms with E-state index < -0.39 is 5.92 Å². The minimum Gasteiger partial charge on any atom is -0.298 e. The molecule has 2 aliphatic heterocycles. The molecule has 0 bridgehead atoms. The van der Waals surface area contributed by atoms with Crippen LogP contribution in [0.1, 0.15) is 39.5 Å². The van der Waals surface area contributed by atoms with Crippen LogP contribution in [-0.2, 0) is 9.59 Å². The van der Waals surface area contributed by atoms with E-state index in [-0.39, 0.29) is 29.8 Å². The molecule has 4 rings (SSSR count). The molecule has 0 saturated carbocycles. The standard InChI is InChI=1S/C19H24N4O2S/c1-3-4-5-8-12-11(2)20-17-15(16(12)24)18(25)23(22-17)19-21-13-9-6-7-10-14(13)26-19/h6-7,9-12,15,17,20,22H,3-5,8H2,1-2H3. The van der Waals surface area contributed by atoms with Crippen LogP contribution in [0.15, 0.2) is 24.3 Å². The second-order valence-corrected chi connectivity index (χ2v) is 8.19. The quantitative estimate of drug-likeness (QED) is 0.624. The van der Waals surface area contributed by atoms with Crippen molar-refractivity contribution in [3.63, 3.8) is 0 Å². The summed E-state index contributed by atoms with van der Waals surface area (Å²) in [5.41, 5.74) is 4.03. The number of fused-ring (bicyclic) bond motifs is 2. The summed E-state index contributed by atoms with van der Waals surface area (Å²) in [5.74, 6) is -0.883. The van der Waals surface area contributed by atoms with Gasteiger partial charge in [0.05, 0.1) is 16.4 Å². The Balaban J connectivity index is 1.56. The average Bonchev–Trinajstić information content (AvgIpc) is 3.18. The van der Waals surface area contributed by atoms with Crippen molar-refractivity contribution in [3.05, 3.63) is 24.3 Å². The number of hydrazine groups is 1. The molecule has 2 fully saturated rings. The fourth-order valence-electron chi connectivity index (χ4n) is 3.97. The van der Waals surface area contributed by atoms with Crippen LogP contribution in [0.5, 0.6) is 0 Å². The largest absolute Gasteiger partial charge is 0.298 e. The SMILES string of the molecule is CCCCCC1C(=O)C2C(=O)N(c3nc4ccccc4s3)NC2NC1C. The molecule has 7 heteroatoms. The Morgan fingerprint density at radius 1 is 1.23 bits per heavy atom. The Morgan fingerprint density at radius 3 is 2.81 bits per heavy atom. The van der Waals surface area contributed by atoms with Crippen LogP contribution in [0.25, 0.3) is 10.2 Å². The zero-order valence-corrected chi connectivity index (χ0v) is 15.9. The molecule has 4 unspecified atom stereocenters.